The Morgan fingerprint density at radius 1 is 0.810 bits per heavy atom. The molecule has 0 aromatic carbocycles. The Morgan fingerprint density at radius 3 is 2.29 bits per heavy atom. The van der Waals surface area contributed by atoms with Crippen LogP contribution in [0.3, 0.4) is 0 Å². The Kier molecular flexibility index (Phi) is 2.42. The van der Waals surface area contributed by atoms with Crippen LogP contribution in [0.2, 0.25) is 0 Å². The van der Waals surface area contributed by atoms with E-state index in [1.165, 1.54) is 12.7 Å². The zero-order chi connectivity index (χ0) is 14.1. The van der Waals surface area contributed by atoms with Crippen LogP contribution in [-0.2, 0) is 0 Å². The Balaban J connectivity index is 1.75. The summed E-state index contributed by atoms with van der Waals surface area (Å²) < 4.78 is 0. The van der Waals surface area contributed by atoms with Crippen LogP contribution in [0, 0.1) is 0 Å². The first-order valence-corrected chi connectivity index (χ1v) is 5.84. The van der Waals surface area contributed by atoms with Crippen LogP contribution in [0.15, 0.2) is 18.9 Å². The van der Waals surface area contributed by atoms with E-state index in [9.17, 15) is 0 Å². The number of nitrogens with one attached hydrogen (secondary N) is 5. The number of hydrogen-bond acceptors (Lipinski definition) is 9. The fourth-order valence-corrected chi connectivity index (χ4v) is 1.74. The molecular weight excluding hydrogens is 276 g/mol. The van der Waals surface area contributed by atoms with Gasteiger partial charge in [0.25, 0.3) is 0 Å². The maximum Gasteiger partial charge on any atom is 0.233 e. The fourth-order valence-electron chi connectivity index (χ4n) is 1.74. The molecule has 4 heterocycles. The highest BCUT2D eigenvalue weighted by molar-refractivity contribution is 5.88. The fraction of sp³-hybridized carbons (Fsp3) is 0. The van der Waals surface area contributed by atoms with Crippen molar-refractivity contribution in [1.29, 1.82) is 0 Å². The van der Waals surface area contributed by atoms with Crippen molar-refractivity contribution in [2.75, 3.05) is 10.6 Å². The molecule has 0 aliphatic carbocycles. The van der Waals surface area contributed by atoms with Gasteiger partial charge in [-0.15, -0.1) is 0 Å². The maximum absolute atomic E-state index is 4.35. The molecule has 5 N–H and O–H groups in total. The number of anilines is 4. The molecule has 12 nitrogen and oxygen atoms in total. The van der Waals surface area contributed by atoms with Gasteiger partial charge in [0, 0.05) is 0 Å². The molecule has 0 unspecified atom stereocenters. The van der Waals surface area contributed by atoms with E-state index < -0.39 is 0 Å². The van der Waals surface area contributed by atoms with Gasteiger partial charge >= 0.3 is 0 Å². The molecule has 0 aliphatic heterocycles. The van der Waals surface area contributed by atoms with Gasteiger partial charge in [0.05, 0.1) is 11.6 Å². The molecule has 0 fully saturated rings. The Bertz CT molecular complexity index is 844. The van der Waals surface area contributed by atoms with Crippen molar-refractivity contribution in [3.8, 4) is 0 Å². The summed E-state index contributed by atoms with van der Waals surface area (Å²) in [6.45, 7) is 0. The molecule has 0 saturated heterocycles. The smallest absolute Gasteiger partial charge is 0.233 e. The van der Waals surface area contributed by atoms with Crippen LogP contribution >= 0.6 is 0 Å². The molecule has 0 bridgehead atoms. The van der Waals surface area contributed by atoms with E-state index in [2.05, 4.69) is 61.2 Å². The van der Waals surface area contributed by atoms with Crippen molar-refractivity contribution in [2.45, 2.75) is 0 Å². The quantitative estimate of drug-likeness (QED) is 0.349. The average Bonchev–Trinajstić information content (AvgIpc) is 3.19. The van der Waals surface area contributed by atoms with Gasteiger partial charge in [-0.3, -0.25) is 10.4 Å². The highest BCUT2D eigenvalue weighted by Crippen LogP contribution is 2.22. The Hall–Kier alpha value is -3.57. The number of H-pyrrole nitrogens is 3. The van der Waals surface area contributed by atoms with Crippen molar-refractivity contribution >= 4 is 34.7 Å². The topological polar surface area (TPSA) is 162 Å². The predicted molar refractivity (Wildman–Crippen MR) is 71.0 cm³/mol. The van der Waals surface area contributed by atoms with Gasteiger partial charge in [0.1, 0.15) is 18.5 Å². The zero-order valence-corrected chi connectivity index (χ0v) is 10.4. The molecule has 0 aliphatic rings. The number of nitrogens with zero attached hydrogens (tertiary/aromatic N) is 7. The van der Waals surface area contributed by atoms with Gasteiger partial charge in [0.15, 0.2) is 5.65 Å². The molecule has 104 valence electrons. The van der Waals surface area contributed by atoms with Crippen molar-refractivity contribution < 1.29 is 0 Å². The summed E-state index contributed by atoms with van der Waals surface area (Å²) in [4.78, 5) is 16.6. The minimum Gasteiger partial charge on any atom is -0.308 e. The first-order chi connectivity index (χ1) is 10.4. The first kappa shape index (κ1) is 11.3. The van der Waals surface area contributed by atoms with Crippen molar-refractivity contribution in [1.82, 2.24) is 50.5 Å². The Labute approximate surface area is 115 Å². The molecule has 4 aromatic heterocycles. The molecule has 0 radical (unpaired) electrons. The van der Waals surface area contributed by atoms with Crippen molar-refractivity contribution in [2.24, 2.45) is 0 Å². The molecular formula is C9H8N12. The second kappa shape index (κ2) is 4.52. The van der Waals surface area contributed by atoms with E-state index in [0.717, 1.165) is 5.39 Å². The van der Waals surface area contributed by atoms with Gasteiger partial charge in [-0.25, -0.2) is 10.2 Å². The first-order valence-electron chi connectivity index (χ1n) is 5.84. The van der Waals surface area contributed by atoms with Gasteiger partial charge in [0.2, 0.25) is 17.8 Å². The minimum absolute atomic E-state index is 0.325. The lowest BCUT2D eigenvalue weighted by Crippen LogP contribution is -2.03. The minimum atomic E-state index is 0.325. The summed E-state index contributed by atoms with van der Waals surface area (Å²) in [6, 6.07) is 0. The highest BCUT2D eigenvalue weighted by Gasteiger charge is 2.11. The third-order valence-electron chi connectivity index (χ3n) is 2.61. The van der Waals surface area contributed by atoms with Gasteiger partial charge < -0.3 is 5.32 Å². The van der Waals surface area contributed by atoms with E-state index in [-0.39, 0.29) is 0 Å². The maximum atomic E-state index is 4.35. The summed E-state index contributed by atoms with van der Waals surface area (Å²) in [6.07, 6.45) is 4.39. The second-order valence-corrected chi connectivity index (χ2v) is 3.95. The van der Waals surface area contributed by atoms with E-state index in [0.29, 0.717) is 29.3 Å². The molecule has 0 atom stereocenters. The van der Waals surface area contributed by atoms with Crippen LogP contribution in [0.1, 0.15) is 0 Å². The summed E-state index contributed by atoms with van der Waals surface area (Å²) in [5.41, 5.74) is 0.564. The van der Waals surface area contributed by atoms with E-state index in [1.807, 2.05) is 0 Å². The normalized spacial score (nSPS) is 10.9. The SMILES string of the molecule is c1n[nH]c(Nc2nc(Nc3ncn[nH]3)c3cn[nH]c3n2)n1. The summed E-state index contributed by atoms with van der Waals surface area (Å²) in [7, 11) is 0. The van der Waals surface area contributed by atoms with E-state index in [1.54, 1.807) is 6.20 Å². The molecule has 12 heteroatoms. The summed E-state index contributed by atoms with van der Waals surface area (Å²) >= 11 is 0. The third-order valence-corrected chi connectivity index (χ3v) is 2.61. The predicted octanol–water partition coefficient (Wildman–Crippen LogP) is 0.0763. The number of hydrogen-bond donors (Lipinski definition) is 5. The lowest BCUT2D eigenvalue weighted by Gasteiger charge is -2.06. The zero-order valence-electron chi connectivity index (χ0n) is 10.4. The largest absolute Gasteiger partial charge is 0.308 e. The summed E-state index contributed by atoms with van der Waals surface area (Å²) in [5, 5.41) is 26.2. The van der Waals surface area contributed by atoms with Gasteiger partial charge in [-0.1, -0.05) is 0 Å². The second-order valence-electron chi connectivity index (χ2n) is 3.95. The highest BCUT2D eigenvalue weighted by atomic mass is 15.3. The third kappa shape index (κ3) is 2.09. The monoisotopic (exact) mass is 284 g/mol. The number of fused-ring (bicyclic) bond motifs is 1. The van der Waals surface area contributed by atoms with Gasteiger partial charge in [-0.2, -0.15) is 35.2 Å². The standard InChI is InChI=1S/C9H8N12/c1-4-5(15-7-10-2-13-20-7)16-9(17-6(4)19-12-1)18-8-11-3-14-21-8/h1-3H,(H5,10,11,12,13,14,15,16,17,18,19,20,21). The number of aromatic nitrogens is 10. The van der Waals surface area contributed by atoms with Crippen LogP contribution in [0.25, 0.3) is 11.0 Å². The average molecular weight is 284 g/mol. The number of aromatic amines is 3. The molecule has 0 amide bonds. The lowest BCUT2D eigenvalue weighted by molar-refractivity contribution is 1.07. The van der Waals surface area contributed by atoms with Gasteiger partial charge in [-0.05, 0) is 0 Å². The van der Waals surface area contributed by atoms with Crippen LogP contribution in [0.4, 0.5) is 23.7 Å². The van der Waals surface area contributed by atoms with E-state index >= 15 is 0 Å². The van der Waals surface area contributed by atoms with Crippen LogP contribution in [0.5, 0.6) is 0 Å². The molecule has 4 aromatic rings. The molecule has 4 rings (SSSR count). The number of rotatable bonds is 4. The lowest BCUT2D eigenvalue weighted by atomic mass is 10.4. The molecule has 0 spiro atoms. The molecule has 0 saturated carbocycles. The van der Waals surface area contributed by atoms with Crippen LogP contribution < -0.4 is 10.6 Å². The van der Waals surface area contributed by atoms with Crippen molar-refractivity contribution in [3.05, 3.63) is 18.9 Å². The molecule has 21 heavy (non-hydrogen) atoms. The Morgan fingerprint density at radius 2 is 1.57 bits per heavy atom. The van der Waals surface area contributed by atoms with Crippen molar-refractivity contribution in [3.63, 3.8) is 0 Å². The van der Waals surface area contributed by atoms with Crippen LogP contribution in [-0.4, -0.2) is 50.5 Å². The van der Waals surface area contributed by atoms with E-state index in [4.69, 9.17) is 0 Å². The summed E-state index contributed by atoms with van der Waals surface area (Å²) in [5.74, 6) is 1.74.